The average molecular weight is 338 g/mol. The number of benzene rings is 1. The number of nitrogens with one attached hydrogen (secondary N) is 3. The largest absolute Gasteiger partial charge is 0.344 e. The number of fused-ring (bicyclic) bond motifs is 2. The molecule has 3 N–H and O–H groups in total. The molecule has 1 aromatic heterocycles. The molecular weight excluding hydrogens is 312 g/mol. The highest BCUT2D eigenvalue weighted by molar-refractivity contribution is 5.94. The predicted octanol–water partition coefficient (Wildman–Crippen LogP) is 2.99. The molecule has 5 heteroatoms. The molecule has 1 aromatic carbocycles. The molecular formula is C20H26N4O. The lowest BCUT2D eigenvalue weighted by molar-refractivity contribution is 0.0926. The van der Waals surface area contributed by atoms with Crippen molar-refractivity contribution in [2.75, 3.05) is 6.54 Å². The summed E-state index contributed by atoms with van der Waals surface area (Å²) in [5.41, 5.74) is 6.65. The van der Waals surface area contributed by atoms with Gasteiger partial charge in [-0.15, -0.1) is 0 Å². The van der Waals surface area contributed by atoms with E-state index >= 15 is 0 Å². The second-order valence-electron chi connectivity index (χ2n) is 7.49. The number of aromatic amines is 1. The van der Waals surface area contributed by atoms with Crippen molar-refractivity contribution >= 4 is 5.91 Å². The van der Waals surface area contributed by atoms with Crippen molar-refractivity contribution in [3.05, 3.63) is 51.8 Å². The van der Waals surface area contributed by atoms with Crippen LogP contribution in [0.1, 0.15) is 77.1 Å². The molecule has 2 aliphatic rings. The number of amides is 1. The smallest absolute Gasteiger partial charge is 0.272 e. The molecule has 0 fully saturated rings. The van der Waals surface area contributed by atoms with E-state index in [9.17, 15) is 4.79 Å². The predicted molar refractivity (Wildman–Crippen MR) is 97.7 cm³/mol. The Labute approximate surface area is 148 Å². The van der Waals surface area contributed by atoms with Crippen LogP contribution in [0.3, 0.4) is 0 Å². The van der Waals surface area contributed by atoms with Gasteiger partial charge in [0.25, 0.3) is 5.91 Å². The maximum absolute atomic E-state index is 12.9. The number of rotatable bonds is 3. The summed E-state index contributed by atoms with van der Waals surface area (Å²) in [5.74, 6) is 0.432. The van der Waals surface area contributed by atoms with E-state index < -0.39 is 0 Å². The molecule has 0 spiro atoms. The summed E-state index contributed by atoms with van der Waals surface area (Å²) in [6.45, 7) is 6.07. The van der Waals surface area contributed by atoms with Gasteiger partial charge >= 0.3 is 0 Å². The van der Waals surface area contributed by atoms with Crippen molar-refractivity contribution in [1.29, 1.82) is 0 Å². The van der Waals surface area contributed by atoms with Crippen LogP contribution in [0.25, 0.3) is 0 Å². The van der Waals surface area contributed by atoms with Crippen LogP contribution in [-0.4, -0.2) is 22.6 Å². The first kappa shape index (κ1) is 16.3. The Morgan fingerprint density at radius 1 is 1.32 bits per heavy atom. The maximum Gasteiger partial charge on any atom is 0.272 e. The van der Waals surface area contributed by atoms with Crippen LogP contribution in [0.15, 0.2) is 18.2 Å². The summed E-state index contributed by atoms with van der Waals surface area (Å²) in [6, 6.07) is 6.83. The number of aromatic nitrogens is 2. The third kappa shape index (κ3) is 3.09. The van der Waals surface area contributed by atoms with Crippen LogP contribution < -0.4 is 10.6 Å². The first-order chi connectivity index (χ1) is 12.1. The summed E-state index contributed by atoms with van der Waals surface area (Å²) < 4.78 is 0. The van der Waals surface area contributed by atoms with E-state index in [2.05, 4.69) is 52.9 Å². The summed E-state index contributed by atoms with van der Waals surface area (Å²) in [6.07, 6.45) is 4.10. The summed E-state index contributed by atoms with van der Waals surface area (Å²) in [5, 5.41) is 13.9. The number of hydrogen-bond acceptors (Lipinski definition) is 3. The van der Waals surface area contributed by atoms with Crippen LogP contribution in [0.5, 0.6) is 0 Å². The van der Waals surface area contributed by atoms with Crippen molar-refractivity contribution in [2.45, 2.75) is 58.0 Å². The quantitative estimate of drug-likeness (QED) is 0.806. The fourth-order valence-electron chi connectivity index (χ4n) is 3.97. The lowest BCUT2D eigenvalue weighted by Gasteiger charge is -2.27. The molecule has 132 valence electrons. The maximum atomic E-state index is 12.9. The number of carbonyl (C=O) groups excluding carboxylic acids is 1. The molecule has 2 aromatic rings. The second-order valence-corrected chi connectivity index (χ2v) is 7.49. The Balaban J connectivity index is 1.59. The topological polar surface area (TPSA) is 69.8 Å². The van der Waals surface area contributed by atoms with Gasteiger partial charge in [-0.1, -0.05) is 32.0 Å². The van der Waals surface area contributed by atoms with Crippen molar-refractivity contribution in [3.63, 3.8) is 0 Å². The molecule has 0 saturated carbocycles. The third-order valence-electron chi connectivity index (χ3n) is 5.48. The van der Waals surface area contributed by atoms with E-state index in [4.69, 9.17) is 0 Å². The lowest BCUT2D eigenvalue weighted by Crippen LogP contribution is -2.33. The van der Waals surface area contributed by atoms with E-state index in [0.29, 0.717) is 18.2 Å². The molecule has 1 amide bonds. The number of hydrogen-bond donors (Lipinski definition) is 3. The van der Waals surface area contributed by atoms with Gasteiger partial charge < -0.3 is 10.6 Å². The number of aryl methyl sites for hydroxylation is 1. The van der Waals surface area contributed by atoms with Crippen molar-refractivity contribution < 1.29 is 4.79 Å². The molecule has 1 aliphatic heterocycles. The molecule has 2 heterocycles. The minimum absolute atomic E-state index is 0.0611. The van der Waals surface area contributed by atoms with Gasteiger partial charge in [-0.2, -0.15) is 5.10 Å². The average Bonchev–Trinajstić information content (AvgIpc) is 3.06. The van der Waals surface area contributed by atoms with Crippen molar-refractivity contribution in [2.24, 2.45) is 0 Å². The molecule has 1 atom stereocenters. The van der Waals surface area contributed by atoms with Gasteiger partial charge in [0, 0.05) is 30.8 Å². The first-order valence-corrected chi connectivity index (χ1v) is 9.34. The highest BCUT2D eigenvalue weighted by Gasteiger charge is 2.26. The Morgan fingerprint density at radius 3 is 3.04 bits per heavy atom. The van der Waals surface area contributed by atoms with E-state index in [1.807, 2.05) is 0 Å². The van der Waals surface area contributed by atoms with Crippen LogP contribution in [0.2, 0.25) is 0 Å². The Kier molecular flexibility index (Phi) is 4.34. The fraction of sp³-hybridized carbons (Fsp3) is 0.500. The zero-order valence-corrected chi connectivity index (χ0v) is 15.0. The fourth-order valence-corrected chi connectivity index (χ4v) is 3.97. The summed E-state index contributed by atoms with van der Waals surface area (Å²) >= 11 is 0. The van der Waals surface area contributed by atoms with Gasteiger partial charge in [-0.25, -0.2) is 0 Å². The Morgan fingerprint density at radius 2 is 2.20 bits per heavy atom. The van der Waals surface area contributed by atoms with E-state index in [1.54, 1.807) is 0 Å². The number of carbonyl (C=O) groups is 1. The van der Waals surface area contributed by atoms with Gasteiger partial charge in [0.1, 0.15) is 0 Å². The van der Waals surface area contributed by atoms with Crippen molar-refractivity contribution in [1.82, 2.24) is 20.8 Å². The van der Waals surface area contributed by atoms with Crippen molar-refractivity contribution in [3.8, 4) is 0 Å². The first-order valence-electron chi connectivity index (χ1n) is 9.34. The highest BCUT2D eigenvalue weighted by atomic mass is 16.2. The normalized spacial score (nSPS) is 19.4. The Hall–Kier alpha value is -2.14. The number of nitrogens with zero attached hydrogens (tertiary/aromatic N) is 1. The third-order valence-corrected chi connectivity index (χ3v) is 5.48. The van der Waals surface area contributed by atoms with E-state index in [-0.39, 0.29) is 11.9 Å². The van der Waals surface area contributed by atoms with Crippen LogP contribution in [0, 0.1) is 0 Å². The molecule has 5 nitrogen and oxygen atoms in total. The molecule has 0 radical (unpaired) electrons. The van der Waals surface area contributed by atoms with Gasteiger partial charge in [0.2, 0.25) is 0 Å². The van der Waals surface area contributed by atoms with Crippen LogP contribution in [0.4, 0.5) is 0 Å². The second kappa shape index (κ2) is 6.64. The standard InChI is InChI=1S/C20H26N4O/c1-12(2)14-7-6-13-4-3-5-17(15(13)10-14)22-20(25)19-16-11-21-9-8-18(16)23-24-19/h6-7,10,12,17,21H,3-5,8-9,11H2,1-2H3,(H,22,25)(H,23,24)/t17-/m1/s1. The lowest BCUT2D eigenvalue weighted by atomic mass is 9.85. The van der Waals surface area contributed by atoms with Gasteiger partial charge in [-0.05, 0) is 41.9 Å². The summed E-state index contributed by atoms with van der Waals surface area (Å²) in [4.78, 5) is 12.9. The zero-order chi connectivity index (χ0) is 17.4. The molecule has 0 unspecified atom stereocenters. The minimum atomic E-state index is -0.0611. The van der Waals surface area contributed by atoms with Crippen LogP contribution >= 0.6 is 0 Å². The number of H-pyrrole nitrogens is 1. The monoisotopic (exact) mass is 338 g/mol. The minimum Gasteiger partial charge on any atom is -0.344 e. The van der Waals surface area contributed by atoms with Gasteiger partial charge in [-0.3, -0.25) is 9.89 Å². The summed E-state index contributed by atoms with van der Waals surface area (Å²) in [7, 11) is 0. The van der Waals surface area contributed by atoms with Crippen LogP contribution in [-0.2, 0) is 19.4 Å². The molecule has 25 heavy (non-hydrogen) atoms. The molecule has 0 bridgehead atoms. The Bertz CT molecular complexity index is 793. The van der Waals surface area contributed by atoms with E-state index in [0.717, 1.165) is 43.5 Å². The molecule has 0 saturated heterocycles. The molecule has 1 aliphatic carbocycles. The van der Waals surface area contributed by atoms with E-state index in [1.165, 1.54) is 16.7 Å². The SMILES string of the molecule is CC(C)c1ccc2c(c1)[C@H](NC(=O)c1n[nH]c3c1CNCC3)CCC2. The zero-order valence-electron chi connectivity index (χ0n) is 15.0. The van der Waals surface area contributed by atoms with Gasteiger partial charge in [0.15, 0.2) is 5.69 Å². The highest BCUT2D eigenvalue weighted by Crippen LogP contribution is 2.32. The molecule has 4 rings (SSSR count). The van der Waals surface area contributed by atoms with Gasteiger partial charge in [0.05, 0.1) is 6.04 Å².